The number of halogens is 1. The van der Waals surface area contributed by atoms with E-state index in [2.05, 4.69) is 10.3 Å². The van der Waals surface area contributed by atoms with Crippen LogP contribution in [-0.4, -0.2) is 35.9 Å². The summed E-state index contributed by atoms with van der Waals surface area (Å²) in [5.74, 6) is -0.825. The largest absolute Gasteiger partial charge is 0.444 e. The summed E-state index contributed by atoms with van der Waals surface area (Å²) in [6.45, 7) is 0. The maximum atomic E-state index is 13.0. The molecular weight excluding hydrogens is 436 g/mol. The van der Waals surface area contributed by atoms with Gasteiger partial charge in [0.15, 0.2) is 0 Å². The number of amides is 1. The van der Waals surface area contributed by atoms with E-state index in [1.807, 2.05) is 0 Å². The van der Waals surface area contributed by atoms with Crippen molar-refractivity contribution in [2.75, 3.05) is 24.3 Å². The molecule has 9 nitrogen and oxygen atoms in total. The summed E-state index contributed by atoms with van der Waals surface area (Å²) in [5, 5.41) is 13.4. The van der Waals surface area contributed by atoms with Crippen molar-refractivity contribution in [3.63, 3.8) is 0 Å². The van der Waals surface area contributed by atoms with Crippen molar-refractivity contribution in [3.05, 3.63) is 93.1 Å². The topological polar surface area (TPSA) is 115 Å². The minimum atomic E-state index is -1.29. The van der Waals surface area contributed by atoms with Gasteiger partial charge < -0.3 is 15.0 Å². The SMILES string of the molecule is CN(C)c1cc(C(=O)O[C@@H](C(=O)Nc2ccc([N+](=O)[O-])cc2Cl)c2ccccc2)ccn1. The molecule has 0 saturated heterocycles. The molecule has 164 valence electrons. The van der Waals surface area contributed by atoms with E-state index >= 15 is 0 Å². The number of non-ortho nitro benzene ring substituents is 1. The summed E-state index contributed by atoms with van der Waals surface area (Å²) in [6.07, 6.45) is 0.186. The van der Waals surface area contributed by atoms with Crippen LogP contribution in [-0.2, 0) is 9.53 Å². The molecule has 32 heavy (non-hydrogen) atoms. The van der Waals surface area contributed by atoms with Gasteiger partial charge in [-0.25, -0.2) is 9.78 Å². The van der Waals surface area contributed by atoms with Crippen molar-refractivity contribution in [2.45, 2.75) is 6.10 Å². The summed E-state index contributed by atoms with van der Waals surface area (Å²) in [6, 6.07) is 15.2. The highest BCUT2D eigenvalue weighted by Gasteiger charge is 2.27. The van der Waals surface area contributed by atoms with Crippen LogP contribution in [0.3, 0.4) is 0 Å². The average Bonchev–Trinajstić information content (AvgIpc) is 2.79. The minimum absolute atomic E-state index is 0.0181. The molecule has 0 aliphatic carbocycles. The zero-order valence-electron chi connectivity index (χ0n) is 17.2. The second-order valence-electron chi connectivity index (χ2n) is 6.90. The van der Waals surface area contributed by atoms with Crippen molar-refractivity contribution < 1.29 is 19.2 Å². The lowest BCUT2D eigenvalue weighted by Crippen LogP contribution is -2.26. The third-order valence-corrected chi connectivity index (χ3v) is 4.74. The van der Waals surface area contributed by atoms with Gasteiger partial charge in [-0.15, -0.1) is 0 Å². The lowest BCUT2D eigenvalue weighted by Gasteiger charge is -2.19. The van der Waals surface area contributed by atoms with Gasteiger partial charge >= 0.3 is 5.97 Å². The normalized spacial score (nSPS) is 11.3. The number of carbonyl (C=O) groups is 2. The van der Waals surface area contributed by atoms with E-state index in [-0.39, 0.29) is 22.0 Å². The maximum absolute atomic E-state index is 13.0. The fourth-order valence-electron chi connectivity index (χ4n) is 2.78. The Morgan fingerprint density at radius 1 is 1.12 bits per heavy atom. The van der Waals surface area contributed by atoms with Crippen molar-refractivity contribution in [1.82, 2.24) is 4.98 Å². The van der Waals surface area contributed by atoms with Crippen LogP contribution in [0.15, 0.2) is 66.9 Å². The first-order valence-corrected chi connectivity index (χ1v) is 9.78. The zero-order valence-corrected chi connectivity index (χ0v) is 17.9. The molecule has 1 heterocycles. The second kappa shape index (κ2) is 9.88. The Morgan fingerprint density at radius 2 is 1.84 bits per heavy atom. The molecule has 0 radical (unpaired) electrons. The van der Waals surface area contributed by atoms with Crippen molar-refractivity contribution in [1.29, 1.82) is 0 Å². The highest BCUT2D eigenvalue weighted by atomic mass is 35.5. The molecule has 0 bridgehead atoms. The number of nitro groups is 1. The number of pyridine rings is 1. The molecule has 0 aliphatic heterocycles. The molecule has 2 aromatic carbocycles. The van der Waals surface area contributed by atoms with Crippen LogP contribution in [0.1, 0.15) is 22.0 Å². The van der Waals surface area contributed by atoms with Crippen LogP contribution >= 0.6 is 11.6 Å². The fourth-order valence-corrected chi connectivity index (χ4v) is 3.01. The third-order valence-electron chi connectivity index (χ3n) is 4.43. The number of rotatable bonds is 7. The highest BCUT2D eigenvalue weighted by Crippen LogP contribution is 2.29. The number of ether oxygens (including phenoxy) is 1. The number of nitrogens with zero attached hydrogens (tertiary/aromatic N) is 3. The summed E-state index contributed by atoms with van der Waals surface area (Å²) < 4.78 is 5.54. The monoisotopic (exact) mass is 454 g/mol. The van der Waals surface area contributed by atoms with Gasteiger partial charge in [0.25, 0.3) is 11.6 Å². The molecule has 0 spiro atoms. The van der Waals surface area contributed by atoms with Crippen LogP contribution in [0, 0.1) is 10.1 Å². The lowest BCUT2D eigenvalue weighted by atomic mass is 10.1. The summed E-state index contributed by atoms with van der Waals surface area (Å²) >= 11 is 6.08. The van der Waals surface area contributed by atoms with E-state index in [0.717, 1.165) is 6.07 Å². The number of nitro benzene ring substituents is 1. The Kier molecular flexibility index (Phi) is 7.01. The van der Waals surface area contributed by atoms with Crippen LogP contribution < -0.4 is 10.2 Å². The van der Waals surface area contributed by atoms with E-state index in [0.29, 0.717) is 11.4 Å². The number of nitrogens with one attached hydrogen (secondary N) is 1. The molecule has 1 atom stereocenters. The van der Waals surface area contributed by atoms with Crippen LogP contribution in [0.2, 0.25) is 5.02 Å². The van der Waals surface area contributed by atoms with E-state index < -0.39 is 22.9 Å². The molecule has 3 aromatic rings. The Balaban J connectivity index is 1.87. The van der Waals surface area contributed by atoms with Crippen LogP contribution in [0.25, 0.3) is 0 Å². The summed E-state index contributed by atoms with van der Waals surface area (Å²) in [4.78, 5) is 42.0. The molecule has 0 fully saturated rings. The predicted molar refractivity (Wildman–Crippen MR) is 120 cm³/mol. The number of aromatic nitrogens is 1. The van der Waals surface area contributed by atoms with Crippen LogP contribution in [0.5, 0.6) is 0 Å². The molecule has 0 unspecified atom stereocenters. The lowest BCUT2D eigenvalue weighted by molar-refractivity contribution is -0.384. The fraction of sp³-hybridized carbons (Fsp3) is 0.136. The van der Waals surface area contributed by atoms with Crippen molar-refractivity contribution in [3.8, 4) is 0 Å². The zero-order chi connectivity index (χ0) is 23.3. The van der Waals surface area contributed by atoms with Gasteiger partial charge in [0, 0.05) is 38.0 Å². The summed E-state index contributed by atoms with van der Waals surface area (Å²) in [7, 11) is 3.57. The average molecular weight is 455 g/mol. The molecule has 0 aliphatic rings. The maximum Gasteiger partial charge on any atom is 0.339 e. The number of esters is 1. The van der Waals surface area contributed by atoms with Gasteiger partial charge in [0.05, 0.1) is 21.2 Å². The Labute approximate surface area is 188 Å². The first kappa shape index (κ1) is 22.7. The van der Waals surface area contributed by atoms with Crippen molar-refractivity contribution >= 4 is 40.7 Å². The molecule has 3 rings (SSSR count). The molecule has 0 saturated carbocycles. The van der Waals surface area contributed by atoms with Gasteiger partial charge in [-0.05, 0) is 18.2 Å². The summed E-state index contributed by atoms with van der Waals surface area (Å²) in [5.41, 5.74) is 0.607. The first-order valence-electron chi connectivity index (χ1n) is 9.40. The predicted octanol–water partition coefficient (Wildman–Crippen LogP) is 4.25. The number of benzene rings is 2. The molecule has 1 amide bonds. The number of hydrogen-bond acceptors (Lipinski definition) is 7. The number of carbonyl (C=O) groups excluding carboxylic acids is 2. The van der Waals surface area contributed by atoms with E-state index in [1.54, 1.807) is 55.4 Å². The quantitative estimate of drug-likeness (QED) is 0.322. The van der Waals surface area contributed by atoms with E-state index in [4.69, 9.17) is 16.3 Å². The van der Waals surface area contributed by atoms with Gasteiger partial charge in [-0.2, -0.15) is 0 Å². The Bertz CT molecular complexity index is 1150. The number of hydrogen-bond donors (Lipinski definition) is 1. The molecule has 10 heteroatoms. The second-order valence-corrected chi connectivity index (χ2v) is 7.31. The standard InChI is InChI=1S/C22H19ClN4O5/c1-26(2)19-12-15(10-11-24-19)22(29)32-20(14-6-4-3-5-7-14)21(28)25-18-9-8-16(27(30)31)13-17(18)23/h3-13,20H,1-2H3,(H,25,28)/t20-/m1/s1. The molecule has 1 aromatic heterocycles. The highest BCUT2D eigenvalue weighted by molar-refractivity contribution is 6.34. The van der Waals surface area contributed by atoms with Crippen LogP contribution in [0.4, 0.5) is 17.2 Å². The van der Waals surface area contributed by atoms with Gasteiger partial charge in [0.1, 0.15) is 5.82 Å². The van der Waals surface area contributed by atoms with Gasteiger partial charge in [-0.3, -0.25) is 14.9 Å². The van der Waals surface area contributed by atoms with E-state index in [9.17, 15) is 19.7 Å². The Morgan fingerprint density at radius 3 is 2.47 bits per heavy atom. The smallest absolute Gasteiger partial charge is 0.339 e. The molecule has 1 N–H and O–H groups in total. The molecular formula is C22H19ClN4O5. The van der Waals surface area contributed by atoms with Crippen molar-refractivity contribution in [2.24, 2.45) is 0 Å². The third kappa shape index (κ3) is 5.38. The minimum Gasteiger partial charge on any atom is -0.444 e. The first-order chi connectivity index (χ1) is 15.3. The van der Waals surface area contributed by atoms with E-state index in [1.165, 1.54) is 24.4 Å². The van der Waals surface area contributed by atoms with Gasteiger partial charge in [-0.1, -0.05) is 41.9 Å². The number of anilines is 2. The van der Waals surface area contributed by atoms with Gasteiger partial charge in [0.2, 0.25) is 6.10 Å². The Hall–Kier alpha value is -3.98.